The summed E-state index contributed by atoms with van der Waals surface area (Å²) in [5.74, 6) is 2.27. The molecule has 1 saturated carbocycles. The number of carbonyl (C=O) groups excluding carboxylic acids is 1. The monoisotopic (exact) mass is 354 g/mol. The maximum Gasteiger partial charge on any atom is 0.258 e. The van der Waals surface area contributed by atoms with Gasteiger partial charge in [0.15, 0.2) is 17.3 Å². The lowest BCUT2D eigenvalue weighted by Crippen LogP contribution is -2.34. The van der Waals surface area contributed by atoms with Gasteiger partial charge in [-0.3, -0.25) is 9.20 Å². The molecule has 0 aromatic carbocycles. The lowest BCUT2D eigenvalue weighted by molar-refractivity contribution is -0.130. The fourth-order valence-corrected chi connectivity index (χ4v) is 3.12. The summed E-state index contributed by atoms with van der Waals surface area (Å²) in [6.45, 7) is 0.943. The largest absolute Gasteiger partial charge is 0.368 e. The molecule has 134 valence electrons. The number of carbonyl (C=O) groups is 1. The fourth-order valence-electron chi connectivity index (χ4n) is 3.12. The number of fused-ring (bicyclic) bond motifs is 1. The van der Waals surface area contributed by atoms with Crippen molar-refractivity contribution in [2.24, 2.45) is 0 Å². The van der Waals surface area contributed by atoms with Gasteiger partial charge in [0.2, 0.25) is 5.91 Å². The van der Waals surface area contributed by atoms with E-state index in [0.29, 0.717) is 36.4 Å². The molecular formula is C17H18N6O3. The first-order valence-electron chi connectivity index (χ1n) is 8.85. The van der Waals surface area contributed by atoms with Crippen molar-refractivity contribution in [1.29, 1.82) is 0 Å². The van der Waals surface area contributed by atoms with Gasteiger partial charge in [-0.15, -0.1) is 10.2 Å². The van der Waals surface area contributed by atoms with E-state index in [9.17, 15) is 4.79 Å². The molecule has 5 rings (SSSR count). The molecule has 0 radical (unpaired) electrons. The quantitative estimate of drug-likeness (QED) is 0.739. The minimum Gasteiger partial charge on any atom is -0.368 e. The van der Waals surface area contributed by atoms with Crippen LogP contribution in [0.4, 0.5) is 0 Å². The van der Waals surface area contributed by atoms with Crippen LogP contribution in [0.25, 0.3) is 17.1 Å². The summed E-state index contributed by atoms with van der Waals surface area (Å²) in [5, 5.41) is 15.2. The van der Waals surface area contributed by atoms with Crippen LogP contribution in [0.15, 0.2) is 22.9 Å². The summed E-state index contributed by atoms with van der Waals surface area (Å²) >= 11 is 0. The molecule has 2 fully saturated rings. The molecule has 3 aromatic rings. The van der Waals surface area contributed by atoms with Crippen molar-refractivity contribution in [3.05, 3.63) is 30.0 Å². The number of pyridine rings is 1. The predicted molar refractivity (Wildman–Crippen MR) is 89.1 cm³/mol. The lowest BCUT2D eigenvalue weighted by atomic mass is 10.2. The number of hydrogen-bond donors (Lipinski definition) is 1. The smallest absolute Gasteiger partial charge is 0.258 e. The topological polar surface area (TPSA) is 107 Å². The Hall–Kier alpha value is -2.81. The minimum atomic E-state index is -0.348. The van der Waals surface area contributed by atoms with Crippen LogP contribution in [0.5, 0.6) is 0 Å². The molecule has 1 aliphatic carbocycles. The van der Waals surface area contributed by atoms with Gasteiger partial charge in [0.05, 0.1) is 6.54 Å². The fraction of sp³-hybridized carbons (Fsp3) is 0.471. The molecule has 1 N–H and O–H groups in total. The van der Waals surface area contributed by atoms with Crippen LogP contribution in [0.2, 0.25) is 0 Å². The number of amides is 1. The highest BCUT2D eigenvalue weighted by molar-refractivity contribution is 5.80. The number of hydrogen-bond acceptors (Lipinski definition) is 7. The third kappa shape index (κ3) is 2.84. The van der Waals surface area contributed by atoms with Crippen LogP contribution >= 0.6 is 0 Å². The van der Waals surface area contributed by atoms with Gasteiger partial charge in [0.25, 0.3) is 5.89 Å². The molecule has 1 aliphatic heterocycles. The van der Waals surface area contributed by atoms with E-state index in [2.05, 4.69) is 25.7 Å². The maximum atomic E-state index is 12.1. The molecule has 1 unspecified atom stereocenters. The van der Waals surface area contributed by atoms with Crippen LogP contribution < -0.4 is 5.32 Å². The third-order valence-electron chi connectivity index (χ3n) is 4.75. The SMILES string of the molecule is O=C(NCc1nnc2cc(-c3nc(C4CC4)no3)ccn12)C1CCCO1. The highest BCUT2D eigenvalue weighted by Crippen LogP contribution is 2.38. The van der Waals surface area contributed by atoms with E-state index in [1.807, 2.05) is 22.7 Å². The van der Waals surface area contributed by atoms with Crippen LogP contribution in [0.3, 0.4) is 0 Å². The van der Waals surface area contributed by atoms with E-state index in [1.165, 1.54) is 0 Å². The lowest BCUT2D eigenvalue weighted by Gasteiger charge is -2.09. The molecular weight excluding hydrogens is 336 g/mol. The summed E-state index contributed by atoms with van der Waals surface area (Å²) in [7, 11) is 0. The van der Waals surface area contributed by atoms with Gasteiger partial charge < -0.3 is 14.6 Å². The highest BCUT2D eigenvalue weighted by atomic mass is 16.5. The van der Waals surface area contributed by atoms with Crippen LogP contribution in [0.1, 0.15) is 43.3 Å². The van der Waals surface area contributed by atoms with E-state index < -0.39 is 0 Å². The van der Waals surface area contributed by atoms with Crippen molar-refractivity contribution in [1.82, 2.24) is 30.1 Å². The second-order valence-corrected chi connectivity index (χ2v) is 6.71. The Bertz CT molecular complexity index is 954. The first-order chi connectivity index (χ1) is 12.8. The normalized spacial score (nSPS) is 19.9. The molecule has 0 bridgehead atoms. The summed E-state index contributed by atoms with van der Waals surface area (Å²) in [5.41, 5.74) is 1.47. The Balaban J connectivity index is 1.33. The summed E-state index contributed by atoms with van der Waals surface area (Å²) in [6, 6.07) is 3.73. The Labute approximate surface area is 148 Å². The van der Waals surface area contributed by atoms with Gasteiger partial charge in [-0.05, 0) is 37.8 Å². The maximum absolute atomic E-state index is 12.1. The highest BCUT2D eigenvalue weighted by Gasteiger charge is 2.29. The second-order valence-electron chi connectivity index (χ2n) is 6.71. The van der Waals surface area contributed by atoms with Gasteiger partial charge in [-0.1, -0.05) is 5.16 Å². The number of nitrogens with one attached hydrogen (secondary N) is 1. The second kappa shape index (κ2) is 6.17. The average molecular weight is 354 g/mol. The van der Waals surface area contributed by atoms with Crippen molar-refractivity contribution in [2.75, 3.05) is 6.61 Å². The zero-order chi connectivity index (χ0) is 17.5. The molecule has 26 heavy (non-hydrogen) atoms. The molecule has 2 aliphatic rings. The van der Waals surface area contributed by atoms with Crippen molar-refractivity contribution < 1.29 is 14.1 Å². The molecule has 0 spiro atoms. The molecule has 9 nitrogen and oxygen atoms in total. The van der Waals surface area contributed by atoms with Crippen molar-refractivity contribution in [3.63, 3.8) is 0 Å². The molecule has 1 atom stereocenters. The van der Waals surface area contributed by atoms with Crippen molar-refractivity contribution in [2.45, 2.75) is 44.2 Å². The van der Waals surface area contributed by atoms with E-state index in [4.69, 9.17) is 9.26 Å². The number of aromatic nitrogens is 5. The summed E-state index contributed by atoms with van der Waals surface area (Å²) in [6.07, 6.45) is 5.44. The van der Waals surface area contributed by atoms with Crippen LogP contribution in [-0.2, 0) is 16.1 Å². The van der Waals surface area contributed by atoms with E-state index in [1.54, 1.807) is 0 Å². The number of ether oxygens (including phenoxy) is 1. The minimum absolute atomic E-state index is 0.102. The zero-order valence-electron chi connectivity index (χ0n) is 14.1. The molecule has 1 saturated heterocycles. The zero-order valence-corrected chi connectivity index (χ0v) is 14.1. The Morgan fingerprint density at radius 1 is 1.31 bits per heavy atom. The molecule has 3 aromatic heterocycles. The van der Waals surface area contributed by atoms with Gasteiger partial charge in [0.1, 0.15) is 6.10 Å². The van der Waals surface area contributed by atoms with E-state index in [-0.39, 0.29) is 12.0 Å². The first kappa shape index (κ1) is 15.4. The standard InChI is InChI=1S/C17H18N6O3/c24-16(12-2-1-7-25-12)18-9-14-21-20-13-8-11(5-6-23(13)14)17-19-15(22-26-17)10-3-4-10/h5-6,8,10,12H,1-4,7,9H2,(H,18,24). The Morgan fingerprint density at radius 3 is 3.04 bits per heavy atom. The third-order valence-corrected chi connectivity index (χ3v) is 4.75. The summed E-state index contributed by atoms with van der Waals surface area (Å²) < 4.78 is 12.6. The number of nitrogens with zero attached hydrogens (tertiary/aromatic N) is 5. The Morgan fingerprint density at radius 2 is 2.23 bits per heavy atom. The molecule has 9 heteroatoms. The van der Waals surface area contributed by atoms with Crippen molar-refractivity contribution >= 4 is 11.6 Å². The molecule has 1 amide bonds. The van der Waals surface area contributed by atoms with Gasteiger partial charge in [-0.2, -0.15) is 4.98 Å². The average Bonchev–Trinajstić information content (AvgIpc) is 3.10. The van der Waals surface area contributed by atoms with Gasteiger partial charge in [0, 0.05) is 24.3 Å². The van der Waals surface area contributed by atoms with E-state index in [0.717, 1.165) is 37.1 Å². The van der Waals surface area contributed by atoms with Crippen LogP contribution in [-0.4, -0.2) is 43.4 Å². The number of rotatable bonds is 5. The van der Waals surface area contributed by atoms with Crippen LogP contribution in [0, 0.1) is 0 Å². The Kier molecular flexibility index (Phi) is 3.66. The predicted octanol–water partition coefficient (Wildman–Crippen LogP) is 1.45. The van der Waals surface area contributed by atoms with Crippen molar-refractivity contribution in [3.8, 4) is 11.5 Å². The molecule has 4 heterocycles. The van der Waals surface area contributed by atoms with E-state index >= 15 is 0 Å². The summed E-state index contributed by atoms with van der Waals surface area (Å²) in [4.78, 5) is 16.5. The van der Waals surface area contributed by atoms with Gasteiger partial charge >= 0.3 is 0 Å². The first-order valence-corrected chi connectivity index (χ1v) is 8.85. The van der Waals surface area contributed by atoms with Gasteiger partial charge in [-0.25, -0.2) is 0 Å².